The minimum absolute atomic E-state index is 0.296. The predicted molar refractivity (Wildman–Crippen MR) is 73.1 cm³/mol. The molecule has 0 aliphatic heterocycles. The van der Waals surface area contributed by atoms with Crippen LogP contribution >= 0.6 is 0 Å². The van der Waals surface area contributed by atoms with E-state index in [-0.39, 0.29) is 0 Å². The molecule has 0 aliphatic rings. The SMILES string of the molecule is CCCC(CN)c1nc(-c2ccccc2)nn1C. The lowest BCUT2D eigenvalue weighted by Gasteiger charge is -2.11. The van der Waals surface area contributed by atoms with Crippen LogP contribution in [0.25, 0.3) is 11.4 Å². The number of hydrogen-bond acceptors (Lipinski definition) is 3. The number of nitrogens with two attached hydrogens (primary N) is 1. The third-order valence-electron chi connectivity index (χ3n) is 3.12. The first-order valence-corrected chi connectivity index (χ1v) is 6.42. The van der Waals surface area contributed by atoms with Crippen LogP contribution in [0.2, 0.25) is 0 Å². The normalized spacial score (nSPS) is 12.6. The van der Waals surface area contributed by atoms with Gasteiger partial charge in [0.2, 0.25) is 0 Å². The maximum Gasteiger partial charge on any atom is 0.181 e. The van der Waals surface area contributed by atoms with Gasteiger partial charge >= 0.3 is 0 Å². The summed E-state index contributed by atoms with van der Waals surface area (Å²) in [4.78, 5) is 4.64. The highest BCUT2D eigenvalue weighted by Crippen LogP contribution is 2.21. The summed E-state index contributed by atoms with van der Waals surface area (Å²) >= 11 is 0. The Morgan fingerprint density at radius 3 is 2.61 bits per heavy atom. The Labute approximate surface area is 108 Å². The molecule has 0 spiro atoms. The third-order valence-corrected chi connectivity index (χ3v) is 3.12. The predicted octanol–water partition coefficient (Wildman–Crippen LogP) is 2.32. The number of hydrogen-bond donors (Lipinski definition) is 1. The summed E-state index contributed by atoms with van der Waals surface area (Å²) in [6, 6.07) is 10.0. The molecule has 2 rings (SSSR count). The first-order chi connectivity index (χ1) is 8.76. The summed E-state index contributed by atoms with van der Waals surface area (Å²) in [6.45, 7) is 2.78. The Morgan fingerprint density at radius 2 is 2.00 bits per heavy atom. The topological polar surface area (TPSA) is 56.7 Å². The molecule has 1 heterocycles. The van der Waals surface area contributed by atoms with Crippen LogP contribution < -0.4 is 5.73 Å². The summed E-state index contributed by atoms with van der Waals surface area (Å²) in [6.07, 6.45) is 2.16. The highest BCUT2D eigenvalue weighted by Gasteiger charge is 2.17. The number of rotatable bonds is 5. The van der Waals surface area contributed by atoms with Crippen LogP contribution in [0.3, 0.4) is 0 Å². The Kier molecular flexibility index (Phi) is 4.10. The van der Waals surface area contributed by atoms with Crippen LogP contribution in [-0.4, -0.2) is 21.3 Å². The molecule has 1 aromatic heterocycles. The summed E-state index contributed by atoms with van der Waals surface area (Å²) in [5.41, 5.74) is 6.87. The van der Waals surface area contributed by atoms with Gasteiger partial charge in [0.1, 0.15) is 5.82 Å². The lowest BCUT2D eigenvalue weighted by molar-refractivity contribution is 0.551. The first-order valence-electron chi connectivity index (χ1n) is 6.42. The molecule has 96 valence electrons. The number of aromatic nitrogens is 3. The van der Waals surface area contributed by atoms with E-state index in [1.165, 1.54) is 0 Å². The van der Waals surface area contributed by atoms with Gasteiger partial charge < -0.3 is 5.73 Å². The fourth-order valence-corrected chi connectivity index (χ4v) is 2.16. The van der Waals surface area contributed by atoms with Crippen molar-refractivity contribution in [2.45, 2.75) is 25.7 Å². The molecule has 2 aromatic rings. The van der Waals surface area contributed by atoms with E-state index in [9.17, 15) is 0 Å². The number of benzene rings is 1. The van der Waals surface area contributed by atoms with Crippen LogP contribution in [0.15, 0.2) is 30.3 Å². The summed E-state index contributed by atoms with van der Waals surface area (Å²) in [5, 5.41) is 4.48. The van der Waals surface area contributed by atoms with E-state index >= 15 is 0 Å². The molecule has 18 heavy (non-hydrogen) atoms. The molecule has 0 amide bonds. The zero-order valence-corrected chi connectivity index (χ0v) is 11.0. The Hall–Kier alpha value is -1.68. The lowest BCUT2D eigenvalue weighted by Crippen LogP contribution is -2.16. The zero-order chi connectivity index (χ0) is 13.0. The van der Waals surface area contributed by atoms with E-state index in [2.05, 4.69) is 17.0 Å². The molecule has 1 unspecified atom stereocenters. The standard InChI is InChI=1S/C14H20N4/c1-3-7-12(10-15)14-16-13(17-18(14)2)11-8-5-4-6-9-11/h4-6,8-9,12H,3,7,10,15H2,1-2H3. The molecule has 0 aliphatic carbocycles. The van der Waals surface area contributed by atoms with Crippen LogP contribution in [-0.2, 0) is 7.05 Å². The molecule has 0 saturated heterocycles. The van der Waals surface area contributed by atoms with Gasteiger partial charge in [-0.15, -0.1) is 0 Å². The molecule has 4 heteroatoms. The van der Waals surface area contributed by atoms with Crippen LogP contribution in [0.4, 0.5) is 0 Å². The molecule has 1 aromatic carbocycles. The quantitative estimate of drug-likeness (QED) is 0.878. The summed E-state index contributed by atoms with van der Waals surface area (Å²) < 4.78 is 1.86. The van der Waals surface area contributed by atoms with Crippen LogP contribution in [0.1, 0.15) is 31.5 Å². The van der Waals surface area contributed by atoms with E-state index in [1.54, 1.807) is 0 Å². The molecule has 4 nitrogen and oxygen atoms in total. The van der Waals surface area contributed by atoms with Crippen LogP contribution in [0.5, 0.6) is 0 Å². The van der Waals surface area contributed by atoms with Gasteiger partial charge in [0, 0.05) is 25.1 Å². The van der Waals surface area contributed by atoms with Crippen molar-refractivity contribution in [3.63, 3.8) is 0 Å². The van der Waals surface area contributed by atoms with Gasteiger partial charge in [-0.25, -0.2) is 4.98 Å². The molecule has 0 fully saturated rings. The first kappa shape index (κ1) is 12.8. The van der Waals surface area contributed by atoms with Crippen molar-refractivity contribution in [2.75, 3.05) is 6.54 Å². The van der Waals surface area contributed by atoms with E-state index in [0.29, 0.717) is 12.5 Å². The molecule has 1 atom stereocenters. The molecule has 0 bridgehead atoms. The molecule has 2 N–H and O–H groups in total. The van der Waals surface area contributed by atoms with Gasteiger partial charge in [-0.3, -0.25) is 4.68 Å². The fraction of sp³-hybridized carbons (Fsp3) is 0.429. The van der Waals surface area contributed by atoms with Gasteiger partial charge in [0.15, 0.2) is 5.82 Å². The minimum atomic E-state index is 0.296. The van der Waals surface area contributed by atoms with Crippen molar-refractivity contribution in [2.24, 2.45) is 12.8 Å². The monoisotopic (exact) mass is 244 g/mol. The third kappa shape index (κ3) is 2.59. The smallest absolute Gasteiger partial charge is 0.181 e. The lowest BCUT2D eigenvalue weighted by atomic mass is 10.0. The Balaban J connectivity index is 2.32. The maximum atomic E-state index is 5.83. The number of nitrogens with zero attached hydrogens (tertiary/aromatic N) is 3. The van der Waals surface area contributed by atoms with E-state index in [4.69, 9.17) is 5.73 Å². The van der Waals surface area contributed by atoms with Gasteiger partial charge in [0.25, 0.3) is 0 Å². The largest absolute Gasteiger partial charge is 0.330 e. The Bertz CT molecular complexity index is 490. The number of aryl methyl sites for hydroxylation is 1. The van der Waals surface area contributed by atoms with Gasteiger partial charge in [-0.2, -0.15) is 5.10 Å². The Morgan fingerprint density at radius 1 is 1.28 bits per heavy atom. The van der Waals surface area contributed by atoms with Crippen molar-refractivity contribution in [1.29, 1.82) is 0 Å². The summed E-state index contributed by atoms with van der Waals surface area (Å²) in [5.74, 6) is 2.06. The molecule has 0 radical (unpaired) electrons. The van der Waals surface area contributed by atoms with E-state index < -0.39 is 0 Å². The van der Waals surface area contributed by atoms with E-state index in [1.807, 2.05) is 42.1 Å². The maximum absolute atomic E-state index is 5.83. The second-order valence-corrected chi connectivity index (χ2v) is 4.50. The van der Waals surface area contributed by atoms with Crippen molar-refractivity contribution in [3.05, 3.63) is 36.2 Å². The minimum Gasteiger partial charge on any atom is -0.330 e. The van der Waals surface area contributed by atoms with Gasteiger partial charge in [0.05, 0.1) is 0 Å². The van der Waals surface area contributed by atoms with Gasteiger partial charge in [-0.05, 0) is 6.42 Å². The highest BCUT2D eigenvalue weighted by molar-refractivity contribution is 5.54. The molecule has 0 saturated carbocycles. The average Bonchev–Trinajstić information content (AvgIpc) is 2.79. The zero-order valence-electron chi connectivity index (χ0n) is 11.0. The second kappa shape index (κ2) is 5.78. The van der Waals surface area contributed by atoms with Crippen molar-refractivity contribution < 1.29 is 0 Å². The van der Waals surface area contributed by atoms with Crippen molar-refractivity contribution in [1.82, 2.24) is 14.8 Å². The van der Waals surface area contributed by atoms with Crippen LogP contribution in [0, 0.1) is 0 Å². The van der Waals surface area contributed by atoms with Crippen molar-refractivity contribution in [3.8, 4) is 11.4 Å². The highest BCUT2D eigenvalue weighted by atomic mass is 15.3. The molecular formula is C14H20N4. The summed E-state index contributed by atoms with van der Waals surface area (Å²) in [7, 11) is 1.94. The van der Waals surface area contributed by atoms with E-state index in [0.717, 1.165) is 30.1 Å². The fourth-order valence-electron chi connectivity index (χ4n) is 2.16. The van der Waals surface area contributed by atoms with Gasteiger partial charge in [-0.1, -0.05) is 43.7 Å². The van der Waals surface area contributed by atoms with Crippen molar-refractivity contribution >= 4 is 0 Å². The average molecular weight is 244 g/mol. The second-order valence-electron chi connectivity index (χ2n) is 4.50. The molecular weight excluding hydrogens is 224 g/mol.